The van der Waals surface area contributed by atoms with Gasteiger partial charge in [0.15, 0.2) is 5.82 Å². The summed E-state index contributed by atoms with van der Waals surface area (Å²) in [5.41, 5.74) is 5.58. The van der Waals surface area contributed by atoms with Crippen molar-refractivity contribution in [2.45, 2.75) is 86.7 Å². The van der Waals surface area contributed by atoms with Crippen LogP contribution in [0, 0.1) is 25.7 Å². The minimum absolute atomic E-state index is 0.215. The van der Waals surface area contributed by atoms with Gasteiger partial charge < -0.3 is 8.98 Å². The van der Waals surface area contributed by atoms with Crippen LogP contribution in [0.25, 0.3) is 66.5 Å². The SMILES string of the molecule is CC.CCCC.Cc1cc2c(oc3ccccc32)c(C)c1-n1nc(F)nc1-c1cc2c3cccc(F)c3n(-c3ccccc3)c2cc1C(C)(C)[C@@H](C)F. The highest BCUT2D eigenvalue weighted by atomic mass is 19.1. The zero-order valence-corrected chi connectivity index (χ0v) is 32.0. The molecule has 3 aromatic heterocycles. The highest BCUT2D eigenvalue weighted by Gasteiger charge is 2.34. The van der Waals surface area contributed by atoms with Crippen molar-refractivity contribution in [3.63, 3.8) is 0 Å². The number of para-hydroxylation sites is 3. The summed E-state index contributed by atoms with van der Waals surface area (Å²) in [7, 11) is 0. The number of aryl methyl sites for hydroxylation is 2. The third-order valence-corrected chi connectivity index (χ3v) is 10.2. The molecule has 0 bridgehead atoms. The quantitative estimate of drug-likeness (QED) is 0.172. The number of rotatable bonds is 6. The first-order valence-electron chi connectivity index (χ1n) is 18.5. The molecule has 8 heteroatoms. The molecule has 8 rings (SSSR count). The molecule has 0 saturated carbocycles. The number of benzene rings is 5. The predicted octanol–water partition coefficient (Wildman–Crippen LogP) is 13.3. The van der Waals surface area contributed by atoms with Gasteiger partial charge in [-0.05, 0) is 74.4 Å². The van der Waals surface area contributed by atoms with E-state index in [-0.39, 0.29) is 11.6 Å². The molecule has 0 radical (unpaired) electrons. The second kappa shape index (κ2) is 14.9. The summed E-state index contributed by atoms with van der Waals surface area (Å²) >= 11 is 0. The molecular weight excluding hydrogens is 670 g/mol. The molecule has 5 nitrogen and oxygen atoms in total. The lowest BCUT2D eigenvalue weighted by Gasteiger charge is -2.30. The minimum atomic E-state index is -1.29. The van der Waals surface area contributed by atoms with Crippen LogP contribution in [0.3, 0.4) is 0 Å². The van der Waals surface area contributed by atoms with Crippen molar-refractivity contribution in [1.82, 2.24) is 19.3 Å². The van der Waals surface area contributed by atoms with Gasteiger partial charge in [-0.25, -0.2) is 13.5 Å². The van der Waals surface area contributed by atoms with Gasteiger partial charge in [0.25, 0.3) is 0 Å². The summed E-state index contributed by atoms with van der Waals surface area (Å²) in [4.78, 5) is 4.32. The van der Waals surface area contributed by atoms with E-state index >= 15 is 13.2 Å². The van der Waals surface area contributed by atoms with Gasteiger partial charge in [0, 0.05) is 43.8 Å². The Morgan fingerprint density at radius 3 is 2.13 bits per heavy atom. The van der Waals surface area contributed by atoms with Gasteiger partial charge in [-0.15, -0.1) is 5.10 Å². The van der Waals surface area contributed by atoms with E-state index in [1.54, 1.807) is 6.07 Å². The lowest BCUT2D eigenvalue weighted by molar-refractivity contribution is 0.237. The number of nitrogens with zero attached hydrogens (tertiary/aromatic N) is 4. The molecule has 0 N–H and O–H groups in total. The van der Waals surface area contributed by atoms with Crippen LogP contribution < -0.4 is 0 Å². The molecule has 1 atom stereocenters. The van der Waals surface area contributed by atoms with Crippen LogP contribution in [0.15, 0.2) is 95.4 Å². The number of hydrogen-bond donors (Lipinski definition) is 0. The van der Waals surface area contributed by atoms with Crippen LogP contribution in [0.4, 0.5) is 13.2 Å². The first-order valence-corrected chi connectivity index (χ1v) is 18.5. The number of halogens is 3. The minimum Gasteiger partial charge on any atom is -0.456 e. The fourth-order valence-corrected chi connectivity index (χ4v) is 6.97. The summed E-state index contributed by atoms with van der Waals surface area (Å²) < 4.78 is 56.2. The summed E-state index contributed by atoms with van der Waals surface area (Å²) in [5.74, 6) is -0.171. The number of aromatic nitrogens is 4. The normalized spacial score (nSPS) is 12.2. The van der Waals surface area contributed by atoms with Gasteiger partial charge in [0.05, 0.1) is 16.7 Å². The van der Waals surface area contributed by atoms with Gasteiger partial charge in [-0.2, -0.15) is 9.37 Å². The maximum atomic E-state index is 15.7. The second-order valence-electron chi connectivity index (χ2n) is 13.8. The standard InChI is InChI=1S/C39H31F3N4O.C4H10.C2H6/c1-21-18-28-25-14-9-10-17-33(25)47-36(28)22(2)34(21)46-37(43-38(42)44-46)29-19-27-26-15-11-16-31(41)35(26)45(24-12-7-6-8-13-24)32(27)20-30(29)39(4,5)23(3)40;1-3-4-2;1-2/h6-20,23H,1-5H3;3-4H2,1-2H3;1-2H3/t23-;;/m1../s1. The van der Waals surface area contributed by atoms with Crippen LogP contribution in [-0.2, 0) is 5.41 Å². The number of unbranched alkanes of at least 4 members (excludes halogenated alkanes) is 1. The van der Waals surface area contributed by atoms with Crippen LogP contribution in [0.5, 0.6) is 0 Å². The van der Waals surface area contributed by atoms with Crippen molar-refractivity contribution in [1.29, 1.82) is 0 Å². The Kier molecular flexibility index (Phi) is 10.5. The molecule has 3 heterocycles. The smallest absolute Gasteiger partial charge is 0.328 e. The summed E-state index contributed by atoms with van der Waals surface area (Å²) in [6, 6.07) is 28.1. The summed E-state index contributed by atoms with van der Waals surface area (Å²) in [6.45, 7) is 17.4. The molecule has 8 aromatic rings. The fraction of sp³-hybridized carbons (Fsp3) is 0.289. The molecule has 0 aliphatic rings. The van der Waals surface area contributed by atoms with E-state index in [1.165, 1.54) is 30.5 Å². The van der Waals surface area contributed by atoms with Crippen LogP contribution in [0.2, 0.25) is 0 Å². The molecule has 0 amide bonds. The summed E-state index contributed by atoms with van der Waals surface area (Å²) in [5, 5.41) is 7.59. The predicted molar refractivity (Wildman–Crippen MR) is 213 cm³/mol. The Labute approximate surface area is 309 Å². The summed E-state index contributed by atoms with van der Waals surface area (Å²) in [6.07, 6.45) is 0.431. The molecule has 53 heavy (non-hydrogen) atoms. The molecule has 0 fully saturated rings. The Hall–Kier alpha value is -5.37. The van der Waals surface area contributed by atoms with Crippen molar-refractivity contribution in [2.75, 3.05) is 0 Å². The van der Waals surface area contributed by atoms with E-state index < -0.39 is 17.7 Å². The Bertz CT molecular complexity index is 2560. The average Bonchev–Trinajstić information content (AvgIpc) is 3.84. The first kappa shape index (κ1) is 37.4. The lowest BCUT2D eigenvalue weighted by atomic mass is 9.77. The molecule has 274 valence electrons. The Morgan fingerprint density at radius 2 is 1.45 bits per heavy atom. The fourth-order valence-electron chi connectivity index (χ4n) is 6.97. The van der Waals surface area contributed by atoms with Gasteiger partial charge in [-0.1, -0.05) is 103 Å². The zero-order valence-electron chi connectivity index (χ0n) is 32.0. The van der Waals surface area contributed by atoms with Crippen LogP contribution >= 0.6 is 0 Å². The van der Waals surface area contributed by atoms with Gasteiger partial charge in [-0.3, -0.25) is 0 Å². The topological polar surface area (TPSA) is 48.8 Å². The van der Waals surface area contributed by atoms with E-state index in [4.69, 9.17) is 4.42 Å². The molecular formula is C45H47F3N4O. The molecule has 0 saturated heterocycles. The third kappa shape index (κ3) is 6.38. The van der Waals surface area contributed by atoms with Gasteiger partial charge >= 0.3 is 6.08 Å². The van der Waals surface area contributed by atoms with Crippen LogP contribution in [-0.4, -0.2) is 25.5 Å². The highest BCUT2D eigenvalue weighted by molar-refractivity contribution is 6.11. The van der Waals surface area contributed by atoms with Gasteiger partial charge in [0.1, 0.15) is 23.2 Å². The molecule has 0 spiro atoms. The van der Waals surface area contributed by atoms with E-state index in [2.05, 4.69) is 23.9 Å². The molecule has 5 aromatic carbocycles. The van der Waals surface area contributed by atoms with Crippen LogP contribution in [0.1, 0.15) is 78.0 Å². The van der Waals surface area contributed by atoms with E-state index in [1.807, 2.05) is 125 Å². The Balaban J connectivity index is 0.000000752. The third-order valence-electron chi connectivity index (χ3n) is 10.2. The largest absolute Gasteiger partial charge is 0.456 e. The zero-order chi connectivity index (χ0) is 38.2. The number of fused-ring (bicyclic) bond motifs is 6. The first-order chi connectivity index (χ1) is 25.5. The average molecular weight is 717 g/mol. The van der Waals surface area contributed by atoms with E-state index in [9.17, 15) is 0 Å². The maximum Gasteiger partial charge on any atom is 0.328 e. The van der Waals surface area contributed by atoms with Crippen molar-refractivity contribution in [3.8, 4) is 22.8 Å². The molecule has 0 aliphatic carbocycles. The highest BCUT2D eigenvalue weighted by Crippen LogP contribution is 2.44. The Morgan fingerprint density at radius 1 is 0.792 bits per heavy atom. The van der Waals surface area contributed by atoms with E-state index in [0.29, 0.717) is 38.8 Å². The molecule has 0 unspecified atom stereocenters. The number of furan rings is 1. The lowest BCUT2D eigenvalue weighted by Crippen LogP contribution is -2.29. The number of hydrogen-bond acceptors (Lipinski definition) is 3. The van der Waals surface area contributed by atoms with Crippen molar-refractivity contribution >= 4 is 43.7 Å². The van der Waals surface area contributed by atoms with Crippen molar-refractivity contribution in [2.24, 2.45) is 0 Å². The maximum absolute atomic E-state index is 15.7. The van der Waals surface area contributed by atoms with Crippen molar-refractivity contribution < 1.29 is 17.6 Å². The monoisotopic (exact) mass is 716 g/mol. The second-order valence-corrected chi connectivity index (χ2v) is 13.8. The van der Waals surface area contributed by atoms with Gasteiger partial charge in [0.2, 0.25) is 0 Å². The van der Waals surface area contributed by atoms with Crippen molar-refractivity contribution in [3.05, 3.63) is 120 Å². The van der Waals surface area contributed by atoms with E-state index in [0.717, 1.165) is 38.6 Å². The number of alkyl halides is 1. The molecule has 0 aliphatic heterocycles.